The Labute approximate surface area is 131 Å². The number of nitrogens with one attached hydrogen (secondary N) is 2. The van der Waals surface area contributed by atoms with E-state index in [2.05, 4.69) is 42.6 Å². The summed E-state index contributed by atoms with van der Waals surface area (Å²) >= 11 is 2.15. The van der Waals surface area contributed by atoms with Gasteiger partial charge in [0.15, 0.2) is 0 Å². The number of sulfonamides is 1. The second-order valence-electron chi connectivity index (χ2n) is 3.89. The molecular weight excluding hydrogens is 391 g/mol. The van der Waals surface area contributed by atoms with E-state index in [1.165, 1.54) is 12.4 Å². The Balaban J connectivity index is 2.19. The van der Waals surface area contributed by atoms with Crippen molar-refractivity contribution >= 4 is 44.2 Å². The molecule has 2 rings (SSSR count). The molecule has 0 saturated heterocycles. The lowest BCUT2D eigenvalue weighted by Crippen LogP contribution is -2.14. The highest BCUT2D eigenvalue weighted by Crippen LogP contribution is 2.16. The fraction of sp³-hybridized carbons (Fsp3) is 0.167. The largest absolute Gasteiger partial charge is 0.355 e. The zero-order valence-corrected chi connectivity index (χ0v) is 13.6. The number of hydrogen-bond acceptors (Lipinski definition) is 5. The minimum Gasteiger partial charge on any atom is -0.355 e. The molecule has 1 aromatic heterocycles. The van der Waals surface area contributed by atoms with Gasteiger partial charge in [0.1, 0.15) is 4.90 Å². The Hall–Kier alpha value is -1.42. The van der Waals surface area contributed by atoms with Gasteiger partial charge in [-0.2, -0.15) is 0 Å². The van der Waals surface area contributed by atoms with Crippen LogP contribution in [0, 0.1) is 3.57 Å². The molecule has 1 heterocycles. The Bertz CT molecular complexity index is 672. The molecule has 6 nitrogen and oxygen atoms in total. The number of rotatable bonds is 5. The Morgan fingerprint density at radius 1 is 1.15 bits per heavy atom. The van der Waals surface area contributed by atoms with Crippen molar-refractivity contribution in [3.63, 3.8) is 0 Å². The Morgan fingerprint density at radius 2 is 1.75 bits per heavy atom. The van der Waals surface area contributed by atoms with Crippen LogP contribution in [-0.2, 0) is 10.0 Å². The van der Waals surface area contributed by atoms with E-state index < -0.39 is 10.0 Å². The quantitative estimate of drug-likeness (QED) is 0.748. The first kappa shape index (κ1) is 15.0. The van der Waals surface area contributed by atoms with Crippen molar-refractivity contribution in [2.75, 3.05) is 16.6 Å². The second-order valence-corrected chi connectivity index (χ2v) is 6.81. The van der Waals surface area contributed by atoms with Gasteiger partial charge in [0.05, 0.1) is 12.4 Å². The van der Waals surface area contributed by atoms with Gasteiger partial charge in [0.2, 0.25) is 5.95 Å². The lowest BCUT2D eigenvalue weighted by molar-refractivity contribution is 0.600. The first-order valence-electron chi connectivity index (χ1n) is 5.85. The molecule has 0 atom stereocenters. The maximum absolute atomic E-state index is 12.1. The molecule has 0 fully saturated rings. The average Bonchev–Trinajstić information content (AvgIpc) is 2.42. The van der Waals surface area contributed by atoms with Gasteiger partial charge in [0, 0.05) is 15.8 Å². The van der Waals surface area contributed by atoms with Crippen molar-refractivity contribution in [1.82, 2.24) is 9.97 Å². The SMILES string of the molecule is CCNc1ncc(S(=O)(=O)Nc2ccc(I)cc2)cn1. The van der Waals surface area contributed by atoms with Crippen LogP contribution >= 0.6 is 22.6 Å². The Kier molecular flexibility index (Phi) is 4.76. The van der Waals surface area contributed by atoms with Crippen molar-refractivity contribution in [1.29, 1.82) is 0 Å². The van der Waals surface area contributed by atoms with Crippen molar-refractivity contribution in [2.45, 2.75) is 11.8 Å². The van der Waals surface area contributed by atoms with Gasteiger partial charge in [-0.3, -0.25) is 4.72 Å². The predicted molar refractivity (Wildman–Crippen MR) is 86.2 cm³/mol. The van der Waals surface area contributed by atoms with E-state index in [4.69, 9.17) is 0 Å². The van der Waals surface area contributed by atoms with Crippen LogP contribution < -0.4 is 10.0 Å². The van der Waals surface area contributed by atoms with Gasteiger partial charge in [-0.25, -0.2) is 18.4 Å². The number of halogens is 1. The molecule has 0 radical (unpaired) electrons. The van der Waals surface area contributed by atoms with Crippen LogP contribution in [0.5, 0.6) is 0 Å². The van der Waals surface area contributed by atoms with Crippen molar-refractivity contribution in [3.8, 4) is 0 Å². The van der Waals surface area contributed by atoms with E-state index in [1.807, 2.05) is 19.1 Å². The molecule has 0 aliphatic rings. The third-order valence-electron chi connectivity index (χ3n) is 2.37. The van der Waals surface area contributed by atoms with E-state index >= 15 is 0 Å². The maximum Gasteiger partial charge on any atom is 0.264 e. The van der Waals surface area contributed by atoms with Crippen LogP contribution in [0.1, 0.15) is 6.92 Å². The number of nitrogens with zero attached hydrogens (tertiary/aromatic N) is 2. The van der Waals surface area contributed by atoms with Gasteiger partial charge in [0.25, 0.3) is 10.0 Å². The molecule has 0 unspecified atom stereocenters. The molecule has 106 valence electrons. The van der Waals surface area contributed by atoms with Crippen LogP contribution in [0.15, 0.2) is 41.6 Å². The molecule has 2 N–H and O–H groups in total. The summed E-state index contributed by atoms with van der Waals surface area (Å²) in [6.45, 7) is 2.58. The molecular formula is C12H13IN4O2S. The fourth-order valence-electron chi connectivity index (χ4n) is 1.44. The number of hydrogen-bond donors (Lipinski definition) is 2. The molecule has 0 spiro atoms. The maximum atomic E-state index is 12.1. The molecule has 0 amide bonds. The average molecular weight is 404 g/mol. The highest BCUT2D eigenvalue weighted by molar-refractivity contribution is 14.1. The van der Waals surface area contributed by atoms with Crippen molar-refractivity contribution in [2.24, 2.45) is 0 Å². The minimum atomic E-state index is -3.66. The second kappa shape index (κ2) is 6.35. The minimum absolute atomic E-state index is 0.0257. The summed E-state index contributed by atoms with van der Waals surface area (Å²) in [6, 6.07) is 7.05. The first-order valence-corrected chi connectivity index (χ1v) is 8.42. The molecule has 1 aromatic carbocycles. The highest BCUT2D eigenvalue weighted by Gasteiger charge is 2.15. The van der Waals surface area contributed by atoms with Crippen LogP contribution in [-0.4, -0.2) is 24.9 Å². The third-order valence-corrected chi connectivity index (χ3v) is 4.42. The first-order chi connectivity index (χ1) is 9.51. The molecule has 20 heavy (non-hydrogen) atoms. The topological polar surface area (TPSA) is 84.0 Å². The monoisotopic (exact) mass is 404 g/mol. The zero-order chi connectivity index (χ0) is 14.6. The molecule has 0 saturated carbocycles. The van der Waals surface area contributed by atoms with Crippen molar-refractivity contribution < 1.29 is 8.42 Å². The molecule has 2 aromatic rings. The van der Waals surface area contributed by atoms with E-state index in [0.29, 0.717) is 18.2 Å². The number of aromatic nitrogens is 2. The highest BCUT2D eigenvalue weighted by atomic mass is 127. The summed E-state index contributed by atoms with van der Waals surface area (Å²) in [5, 5.41) is 2.90. The molecule has 0 bridgehead atoms. The van der Waals surface area contributed by atoms with E-state index in [1.54, 1.807) is 12.1 Å². The summed E-state index contributed by atoms with van der Waals surface area (Å²) in [6.07, 6.45) is 2.56. The summed E-state index contributed by atoms with van der Waals surface area (Å²) in [4.78, 5) is 7.92. The predicted octanol–water partition coefficient (Wildman–Crippen LogP) is 2.31. The van der Waals surface area contributed by atoms with E-state index in [9.17, 15) is 8.42 Å². The zero-order valence-electron chi connectivity index (χ0n) is 10.7. The van der Waals surface area contributed by atoms with Gasteiger partial charge in [-0.05, 0) is 53.8 Å². The third kappa shape index (κ3) is 3.79. The van der Waals surface area contributed by atoms with Gasteiger partial charge >= 0.3 is 0 Å². The van der Waals surface area contributed by atoms with Crippen molar-refractivity contribution in [3.05, 3.63) is 40.2 Å². The summed E-state index contributed by atoms with van der Waals surface area (Å²) in [5.41, 5.74) is 0.501. The van der Waals surface area contributed by atoms with Crippen LogP contribution in [0.2, 0.25) is 0 Å². The number of anilines is 2. The van der Waals surface area contributed by atoms with Crippen LogP contribution in [0.25, 0.3) is 0 Å². The summed E-state index contributed by atoms with van der Waals surface area (Å²) in [7, 11) is -3.66. The molecule has 8 heteroatoms. The van der Waals surface area contributed by atoms with E-state index in [-0.39, 0.29) is 4.90 Å². The van der Waals surface area contributed by atoms with Crippen LogP contribution in [0.3, 0.4) is 0 Å². The molecule has 0 aliphatic carbocycles. The molecule has 0 aliphatic heterocycles. The summed E-state index contributed by atoms with van der Waals surface area (Å²) < 4.78 is 27.8. The van der Waals surface area contributed by atoms with Gasteiger partial charge < -0.3 is 5.32 Å². The lowest BCUT2D eigenvalue weighted by atomic mass is 10.3. The number of benzene rings is 1. The van der Waals surface area contributed by atoms with Crippen LogP contribution in [0.4, 0.5) is 11.6 Å². The van der Waals surface area contributed by atoms with Gasteiger partial charge in [-0.1, -0.05) is 0 Å². The van der Waals surface area contributed by atoms with Gasteiger partial charge in [-0.15, -0.1) is 0 Å². The lowest BCUT2D eigenvalue weighted by Gasteiger charge is -2.08. The normalized spacial score (nSPS) is 11.1. The standard InChI is InChI=1S/C12H13IN4O2S/c1-2-14-12-15-7-11(8-16-12)20(18,19)17-10-5-3-9(13)4-6-10/h3-8,17H,2H2,1H3,(H,14,15,16). The smallest absolute Gasteiger partial charge is 0.264 e. The van der Waals surface area contributed by atoms with E-state index in [0.717, 1.165) is 3.57 Å². The summed E-state index contributed by atoms with van der Waals surface area (Å²) in [5.74, 6) is 0.403. The Morgan fingerprint density at radius 3 is 2.30 bits per heavy atom. The fourth-order valence-corrected chi connectivity index (χ4v) is 2.74.